The molecule has 1 aromatic heterocycles. The van der Waals surface area contributed by atoms with Gasteiger partial charge in [0.05, 0.1) is 16.3 Å². The first-order chi connectivity index (χ1) is 9.60. The molecule has 0 fully saturated rings. The summed E-state index contributed by atoms with van der Waals surface area (Å²) in [5, 5.41) is 18.3. The number of nitrogens with zero attached hydrogens (tertiary/aromatic N) is 3. The Labute approximate surface area is 117 Å². The van der Waals surface area contributed by atoms with Crippen molar-refractivity contribution in [2.75, 3.05) is 11.9 Å². The highest BCUT2D eigenvalue weighted by Gasteiger charge is 2.06. The van der Waals surface area contributed by atoms with Crippen LogP contribution in [0, 0.1) is 10.1 Å². The minimum Gasteiger partial charge on any atom is -0.382 e. The summed E-state index contributed by atoms with van der Waals surface area (Å²) < 4.78 is 1.80. The average Bonchev–Trinajstić information content (AvgIpc) is 2.79. The molecule has 6 heteroatoms. The van der Waals surface area contributed by atoms with Crippen molar-refractivity contribution < 1.29 is 4.92 Å². The van der Waals surface area contributed by atoms with Crippen molar-refractivity contribution in [2.45, 2.75) is 19.8 Å². The van der Waals surface area contributed by atoms with Crippen molar-refractivity contribution in [1.29, 1.82) is 0 Å². The van der Waals surface area contributed by atoms with Gasteiger partial charge in [0.15, 0.2) is 0 Å². The van der Waals surface area contributed by atoms with E-state index in [9.17, 15) is 10.1 Å². The van der Waals surface area contributed by atoms with Crippen molar-refractivity contribution >= 4 is 11.4 Å². The van der Waals surface area contributed by atoms with Crippen LogP contribution in [-0.4, -0.2) is 21.2 Å². The van der Waals surface area contributed by atoms with Gasteiger partial charge < -0.3 is 5.32 Å². The summed E-state index contributed by atoms with van der Waals surface area (Å²) in [6.45, 7) is 2.85. The lowest BCUT2D eigenvalue weighted by Gasteiger charge is -2.05. The highest BCUT2D eigenvalue weighted by atomic mass is 16.6. The quantitative estimate of drug-likeness (QED) is 0.649. The number of non-ortho nitro benzene ring substituents is 1. The lowest BCUT2D eigenvalue weighted by Crippen LogP contribution is -2.05. The molecule has 0 aliphatic heterocycles. The lowest BCUT2D eigenvalue weighted by atomic mass is 10.1. The van der Waals surface area contributed by atoms with Crippen LogP contribution in [0.15, 0.2) is 30.5 Å². The summed E-state index contributed by atoms with van der Waals surface area (Å²) in [6.07, 6.45) is 3.67. The standard InChI is InChI=1S/C14H18N4O2/c1-3-13-14(10-17(2)16-13)15-9-8-11-4-6-12(7-5-11)18(19)20/h4-7,10,15H,3,8-9H2,1-2H3. The van der Waals surface area contributed by atoms with Gasteiger partial charge in [0, 0.05) is 31.9 Å². The van der Waals surface area contributed by atoms with E-state index in [0.29, 0.717) is 0 Å². The number of anilines is 1. The predicted octanol–water partition coefficient (Wildman–Crippen LogP) is 2.55. The first-order valence-corrected chi connectivity index (χ1v) is 6.60. The Bertz CT molecular complexity index is 590. The predicted molar refractivity (Wildman–Crippen MR) is 77.9 cm³/mol. The minimum atomic E-state index is -0.384. The second-order valence-electron chi connectivity index (χ2n) is 4.62. The zero-order valence-corrected chi connectivity index (χ0v) is 11.7. The molecule has 0 radical (unpaired) electrons. The van der Waals surface area contributed by atoms with Crippen LogP contribution < -0.4 is 5.32 Å². The van der Waals surface area contributed by atoms with Crippen LogP contribution >= 0.6 is 0 Å². The molecule has 2 aromatic rings. The number of aromatic nitrogens is 2. The van der Waals surface area contributed by atoms with E-state index >= 15 is 0 Å². The van der Waals surface area contributed by atoms with Gasteiger partial charge in [0.25, 0.3) is 5.69 Å². The summed E-state index contributed by atoms with van der Waals surface area (Å²) >= 11 is 0. The van der Waals surface area contributed by atoms with Crippen LogP contribution in [0.4, 0.5) is 11.4 Å². The molecule has 106 valence electrons. The molecule has 0 atom stereocenters. The van der Waals surface area contributed by atoms with Crippen molar-refractivity contribution in [3.8, 4) is 0 Å². The zero-order chi connectivity index (χ0) is 14.5. The second-order valence-corrected chi connectivity index (χ2v) is 4.62. The maximum atomic E-state index is 10.6. The normalized spacial score (nSPS) is 10.5. The average molecular weight is 274 g/mol. The van der Waals surface area contributed by atoms with E-state index in [0.717, 1.165) is 36.3 Å². The first kappa shape index (κ1) is 14.0. The van der Waals surface area contributed by atoms with E-state index in [4.69, 9.17) is 0 Å². The van der Waals surface area contributed by atoms with Crippen molar-refractivity contribution in [3.05, 3.63) is 51.8 Å². The van der Waals surface area contributed by atoms with E-state index in [1.54, 1.807) is 16.8 Å². The Morgan fingerprint density at radius 1 is 1.35 bits per heavy atom. The third-order valence-corrected chi connectivity index (χ3v) is 3.12. The van der Waals surface area contributed by atoms with Crippen molar-refractivity contribution in [2.24, 2.45) is 7.05 Å². The molecule has 0 bridgehead atoms. The fourth-order valence-electron chi connectivity index (χ4n) is 2.07. The summed E-state index contributed by atoms with van der Waals surface area (Å²) in [7, 11) is 1.90. The molecular formula is C14H18N4O2. The molecule has 1 aromatic carbocycles. The van der Waals surface area contributed by atoms with Crippen molar-refractivity contribution in [3.63, 3.8) is 0 Å². The van der Waals surface area contributed by atoms with Gasteiger partial charge in [-0.2, -0.15) is 5.10 Å². The Balaban J connectivity index is 1.90. The van der Waals surface area contributed by atoms with E-state index in [2.05, 4.69) is 17.3 Å². The Morgan fingerprint density at radius 3 is 2.65 bits per heavy atom. The second kappa shape index (κ2) is 6.18. The van der Waals surface area contributed by atoms with Gasteiger partial charge in [-0.3, -0.25) is 14.8 Å². The topological polar surface area (TPSA) is 73.0 Å². The molecule has 0 aliphatic carbocycles. The molecule has 2 rings (SSSR count). The van der Waals surface area contributed by atoms with Crippen LogP contribution in [0.3, 0.4) is 0 Å². The van der Waals surface area contributed by atoms with Gasteiger partial charge in [-0.15, -0.1) is 0 Å². The van der Waals surface area contributed by atoms with Gasteiger partial charge in [0.1, 0.15) is 0 Å². The Kier molecular flexibility index (Phi) is 4.34. The molecule has 0 saturated heterocycles. The zero-order valence-electron chi connectivity index (χ0n) is 11.7. The molecule has 0 unspecified atom stereocenters. The highest BCUT2D eigenvalue weighted by molar-refractivity contribution is 5.46. The monoisotopic (exact) mass is 274 g/mol. The van der Waals surface area contributed by atoms with Crippen LogP contribution in [-0.2, 0) is 19.9 Å². The van der Waals surface area contributed by atoms with Crippen LogP contribution in [0.2, 0.25) is 0 Å². The maximum Gasteiger partial charge on any atom is 0.269 e. The molecule has 1 N–H and O–H groups in total. The number of nitro benzene ring substituents is 1. The summed E-state index contributed by atoms with van der Waals surface area (Å²) in [5.41, 5.74) is 3.31. The number of nitro groups is 1. The SMILES string of the molecule is CCc1nn(C)cc1NCCc1ccc([N+](=O)[O-])cc1. The van der Waals surface area contributed by atoms with E-state index in [1.807, 2.05) is 13.2 Å². The molecule has 1 heterocycles. The van der Waals surface area contributed by atoms with Gasteiger partial charge in [-0.25, -0.2) is 0 Å². The lowest BCUT2D eigenvalue weighted by molar-refractivity contribution is -0.384. The molecule has 0 aliphatic rings. The largest absolute Gasteiger partial charge is 0.382 e. The summed E-state index contributed by atoms with van der Waals surface area (Å²) in [4.78, 5) is 10.2. The highest BCUT2D eigenvalue weighted by Crippen LogP contribution is 2.15. The molecule has 0 spiro atoms. The van der Waals surface area contributed by atoms with Crippen molar-refractivity contribution in [1.82, 2.24) is 9.78 Å². The smallest absolute Gasteiger partial charge is 0.269 e. The number of nitrogens with one attached hydrogen (secondary N) is 1. The first-order valence-electron chi connectivity index (χ1n) is 6.60. The van der Waals surface area contributed by atoms with Gasteiger partial charge >= 0.3 is 0 Å². The van der Waals surface area contributed by atoms with Gasteiger partial charge in [-0.1, -0.05) is 19.1 Å². The summed E-state index contributed by atoms with van der Waals surface area (Å²) in [6, 6.07) is 6.67. The molecule has 0 saturated carbocycles. The number of hydrogen-bond acceptors (Lipinski definition) is 4. The Morgan fingerprint density at radius 2 is 2.05 bits per heavy atom. The molecule has 20 heavy (non-hydrogen) atoms. The number of rotatable bonds is 6. The van der Waals surface area contributed by atoms with Crippen LogP contribution in [0.25, 0.3) is 0 Å². The van der Waals surface area contributed by atoms with E-state index in [1.165, 1.54) is 12.1 Å². The summed E-state index contributed by atoms with van der Waals surface area (Å²) in [5.74, 6) is 0. The molecular weight excluding hydrogens is 256 g/mol. The minimum absolute atomic E-state index is 0.127. The van der Waals surface area contributed by atoms with Crippen LogP contribution in [0.5, 0.6) is 0 Å². The number of aryl methyl sites for hydroxylation is 2. The fourth-order valence-corrected chi connectivity index (χ4v) is 2.07. The van der Waals surface area contributed by atoms with Crippen LogP contribution in [0.1, 0.15) is 18.2 Å². The van der Waals surface area contributed by atoms with E-state index in [-0.39, 0.29) is 10.6 Å². The maximum absolute atomic E-state index is 10.6. The molecule has 0 amide bonds. The van der Waals surface area contributed by atoms with Gasteiger partial charge in [0.2, 0.25) is 0 Å². The third-order valence-electron chi connectivity index (χ3n) is 3.12. The van der Waals surface area contributed by atoms with E-state index < -0.39 is 0 Å². The molecule has 6 nitrogen and oxygen atoms in total. The Hall–Kier alpha value is -2.37. The number of benzene rings is 1. The number of hydrogen-bond donors (Lipinski definition) is 1. The fraction of sp³-hybridized carbons (Fsp3) is 0.357. The van der Waals surface area contributed by atoms with Gasteiger partial charge in [-0.05, 0) is 18.4 Å². The third kappa shape index (κ3) is 3.34.